The number of aromatic nitrogens is 5. The molecule has 0 fully saturated rings. The van der Waals surface area contributed by atoms with Gasteiger partial charge in [-0.1, -0.05) is 12.1 Å². The molecule has 8 heteroatoms. The first-order valence-electron chi connectivity index (χ1n) is 7.45. The molecule has 0 radical (unpaired) electrons. The van der Waals surface area contributed by atoms with Crippen molar-refractivity contribution in [1.29, 1.82) is 0 Å². The maximum Gasteiger partial charge on any atom is 0.264 e. The highest BCUT2D eigenvalue weighted by atomic mass is 19.3. The summed E-state index contributed by atoms with van der Waals surface area (Å²) in [7, 11) is 1.72. The maximum atomic E-state index is 14.1. The van der Waals surface area contributed by atoms with E-state index in [2.05, 4.69) is 15.2 Å². The van der Waals surface area contributed by atoms with Crippen LogP contribution in [0, 0.1) is 5.82 Å². The summed E-state index contributed by atoms with van der Waals surface area (Å²) in [6.45, 7) is 0. The molecule has 25 heavy (non-hydrogen) atoms. The van der Waals surface area contributed by atoms with Gasteiger partial charge in [0.1, 0.15) is 11.5 Å². The molecule has 3 aromatic heterocycles. The standard InChI is InChI=1S/C17H12F3N5/c1-24-9-10(7-21-24)14-6-11(16(19)20)12-8-22-25(17(12)23-14)15-5-3-2-4-13(15)18/h2-9,16H,1H3. The number of pyridine rings is 1. The third-order valence-corrected chi connectivity index (χ3v) is 3.89. The predicted molar refractivity (Wildman–Crippen MR) is 86.0 cm³/mol. The Morgan fingerprint density at radius 3 is 2.56 bits per heavy atom. The predicted octanol–water partition coefficient (Wildman–Crippen LogP) is 3.90. The summed E-state index contributed by atoms with van der Waals surface area (Å²) in [5, 5.41) is 8.29. The van der Waals surface area contributed by atoms with Gasteiger partial charge in [-0.3, -0.25) is 4.68 Å². The number of fused-ring (bicyclic) bond motifs is 1. The lowest BCUT2D eigenvalue weighted by atomic mass is 10.1. The van der Waals surface area contributed by atoms with Crippen LogP contribution in [-0.2, 0) is 7.05 Å². The summed E-state index contributed by atoms with van der Waals surface area (Å²) < 4.78 is 44.0. The van der Waals surface area contributed by atoms with Crippen LogP contribution in [0.3, 0.4) is 0 Å². The van der Waals surface area contributed by atoms with E-state index in [4.69, 9.17) is 0 Å². The third-order valence-electron chi connectivity index (χ3n) is 3.89. The Labute approximate surface area is 140 Å². The van der Waals surface area contributed by atoms with Crippen molar-refractivity contribution in [3.8, 4) is 16.9 Å². The van der Waals surface area contributed by atoms with Crippen LogP contribution in [0.4, 0.5) is 13.2 Å². The van der Waals surface area contributed by atoms with Crippen LogP contribution in [-0.4, -0.2) is 24.5 Å². The second-order valence-corrected chi connectivity index (χ2v) is 5.55. The number of benzene rings is 1. The van der Waals surface area contributed by atoms with E-state index >= 15 is 0 Å². The second-order valence-electron chi connectivity index (χ2n) is 5.55. The molecule has 0 bridgehead atoms. The minimum absolute atomic E-state index is 0.147. The fourth-order valence-corrected chi connectivity index (χ4v) is 2.71. The summed E-state index contributed by atoms with van der Waals surface area (Å²) >= 11 is 0. The van der Waals surface area contributed by atoms with Gasteiger partial charge in [-0.25, -0.2) is 22.8 Å². The van der Waals surface area contributed by atoms with Crippen LogP contribution in [0.5, 0.6) is 0 Å². The van der Waals surface area contributed by atoms with Gasteiger partial charge in [0.15, 0.2) is 5.65 Å². The Morgan fingerprint density at radius 2 is 1.88 bits per heavy atom. The highest BCUT2D eigenvalue weighted by Gasteiger charge is 2.20. The number of para-hydroxylation sites is 1. The number of halogens is 3. The van der Waals surface area contributed by atoms with Crippen LogP contribution in [0.15, 0.2) is 48.9 Å². The normalized spacial score (nSPS) is 11.6. The van der Waals surface area contributed by atoms with Crippen LogP contribution < -0.4 is 0 Å². The number of hydrogen-bond acceptors (Lipinski definition) is 3. The van der Waals surface area contributed by atoms with Crippen molar-refractivity contribution in [3.05, 3.63) is 60.3 Å². The number of nitrogens with zero attached hydrogens (tertiary/aromatic N) is 5. The fourth-order valence-electron chi connectivity index (χ4n) is 2.71. The summed E-state index contributed by atoms with van der Waals surface area (Å²) in [4.78, 5) is 4.43. The SMILES string of the molecule is Cn1cc(-c2cc(C(F)F)c3cnn(-c4ccccc4F)c3n2)cn1. The fraction of sp³-hybridized carbons (Fsp3) is 0.118. The molecule has 3 heterocycles. The molecule has 1 aromatic carbocycles. The molecule has 0 spiro atoms. The molecule has 0 amide bonds. The molecule has 4 aromatic rings. The lowest BCUT2D eigenvalue weighted by molar-refractivity contribution is 0.153. The average molecular weight is 343 g/mol. The molecule has 0 aliphatic heterocycles. The first kappa shape index (κ1) is 15.4. The van der Waals surface area contributed by atoms with Gasteiger partial charge in [-0.05, 0) is 18.2 Å². The van der Waals surface area contributed by atoms with Gasteiger partial charge in [-0.15, -0.1) is 0 Å². The lowest BCUT2D eigenvalue weighted by Gasteiger charge is -2.08. The minimum Gasteiger partial charge on any atom is -0.275 e. The zero-order valence-electron chi connectivity index (χ0n) is 13.1. The molecule has 0 unspecified atom stereocenters. The van der Waals surface area contributed by atoms with Crippen molar-refractivity contribution in [3.63, 3.8) is 0 Å². The van der Waals surface area contributed by atoms with E-state index in [0.717, 1.165) is 0 Å². The number of aryl methyl sites for hydroxylation is 1. The van der Waals surface area contributed by atoms with Gasteiger partial charge >= 0.3 is 0 Å². The maximum absolute atomic E-state index is 14.1. The minimum atomic E-state index is -2.71. The zero-order chi connectivity index (χ0) is 17.6. The molecular formula is C17H12F3N5. The Bertz CT molecular complexity index is 1070. The van der Waals surface area contributed by atoms with Gasteiger partial charge in [-0.2, -0.15) is 10.2 Å². The Kier molecular flexibility index (Phi) is 3.52. The van der Waals surface area contributed by atoms with E-state index in [-0.39, 0.29) is 22.3 Å². The largest absolute Gasteiger partial charge is 0.275 e. The Morgan fingerprint density at radius 1 is 1.08 bits per heavy atom. The van der Waals surface area contributed by atoms with E-state index in [1.807, 2.05) is 0 Å². The Balaban J connectivity index is 2.01. The van der Waals surface area contributed by atoms with Gasteiger partial charge in [0, 0.05) is 29.8 Å². The van der Waals surface area contributed by atoms with Gasteiger partial charge < -0.3 is 0 Å². The number of hydrogen-bond donors (Lipinski definition) is 0. The van der Waals surface area contributed by atoms with E-state index in [0.29, 0.717) is 11.3 Å². The molecule has 5 nitrogen and oxygen atoms in total. The lowest BCUT2D eigenvalue weighted by Crippen LogP contribution is -2.01. The summed E-state index contributed by atoms with van der Waals surface area (Å²) in [6, 6.07) is 7.30. The quantitative estimate of drug-likeness (QED) is 0.567. The summed E-state index contributed by atoms with van der Waals surface area (Å²) in [6.07, 6.45) is 1.78. The highest BCUT2D eigenvalue weighted by molar-refractivity contribution is 5.83. The highest BCUT2D eigenvalue weighted by Crippen LogP contribution is 2.32. The van der Waals surface area contributed by atoms with Crippen molar-refractivity contribution >= 4 is 11.0 Å². The van der Waals surface area contributed by atoms with E-state index in [9.17, 15) is 13.2 Å². The van der Waals surface area contributed by atoms with Crippen molar-refractivity contribution in [2.24, 2.45) is 7.05 Å². The first-order valence-corrected chi connectivity index (χ1v) is 7.45. The van der Waals surface area contributed by atoms with Gasteiger partial charge in [0.2, 0.25) is 0 Å². The molecule has 126 valence electrons. The van der Waals surface area contributed by atoms with Crippen molar-refractivity contribution in [2.45, 2.75) is 6.43 Å². The first-order chi connectivity index (χ1) is 12.0. The smallest absolute Gasteiger partial charge is 0.264 e. The van der Waals surface area contributed by atoms with E-state index in [1.54, 1.807) is 30.1 Å². The van der Waals surface area contributed by atoms with Gasteiger partial charge in [0.25, 0.3) is 6.43 Å². The third kappa shape index (κ3) is 2.55. The van der Waals surface area contributed by atoms with Crippen molar-refractivity contribution in [1.82, 2.24) is 24.5 Å². The molecule has 0 saturated heterocycles. The van der Waals surface area contributed by atoms with Gasteiger partial charge in [0.05, 0.1) is 18.1 Å². The molecule has 0 saturated carbocycles. The molecular weight excluding hydrogens is 331 g/mol. The number of alkyl halides is 2. The average Bonchev–Trinajstić information content (AvgIpc) is 3.20. The van der Waals surface area contributed by atoms with Crippen molar-refractivity contribution in [2.75, 3.05) is 0 Å². The molecule has 0 aliphatic carbocycles. The van der Waals surface area contributed by atoms with E-state index < -0.39 is 12.2 Å². The summed E-state index contributed by atoms with van der Waals surface area (Å²) in [5.74, 6) is -0.514. The second kappa shape index (κ2) is 5.73. The molecule has 0 atom stereocenters. The van der Waals surface area contributed by atoms with Crippen LogP contribution in [0.25, 0.3) is 28.0 Å². The van der Waals surface area contributed by atoms with Crippen LogP contribution in [0.2, 0.25) is 0 Å². The van der Waals surface area contributed by atoms with E-state index in [1.165, 1.54) is 35.3 Å². The molecule has 0 N–H and O–H groups in total. The van der Waals surface area contributed by atoms with Crippen molar-refractivity contribution < 1.29 is 13.2 Å². The topological polar surface area (TPSA) is 48.5 Å². The monoisotopic (exact) mass is 343 g/mol. The molecule has 0 aliphatic rings. The zero-order valence-corrected chi connectivity index (χ0v) is 13.1. The molecule has 4 rings (SSSR count). The van der Waals surface area contributed by atoms with Crippen LogP contribution in [0.1, 0.15) is 12.0 Å². The Hall–Kier alpha value is -3.16. The summed E-state index contributed by atoms with van der Waals surface area (Å²) in [5.41, 5.74) is 1.03. The van der Waals surface area contributed by atoms with Crippen LogP contribution >= 0.6 is 0 Å². The number of rotatable bonds is 3.